The molecule has 0 aliphatic heterocycles. The van der Waals surface area contributed by atoms with Crippen molar-refractivity contribution in [3.63, 3.8) is 0 Å². The second kappa shape index (κ2) is 6.07. The maximum atomic E-state index is 12.5. The zero-order valence-corrected chi connectivity index (χ0v) is 14.4. The lowest BCUT2D eigenvalue weighted by atomic mass is 10.2. The molecular formula is C15H16BrNO3S. The molecule has 2 rings (SSSR count). The molecule has 0 saturated carbocycles. The average molecular weight is 370 g/mol. The average Bonchev–Trinajstić information content (AvgIpc) is 2.43. The normalized spacial score (nSPS) is 11.2. The Labute approximate surface area is 133 Å². The molecule has 0 aliphatic carbocycles. The van der Waals surface area contributed by atoms with E-state index in [2.05, 4.69) is 20.7 Å². The second-order valence-corrected chi connectivity index (χ2v) is 7.21. The number of hydrogen-bond donors (Lipinski definition) is 1. The number of rotatable bonds is 4. The van der Waals surface area contributed by atoms with Crippen molar-refractivity contribution in [2.45, 2.75) is 18.7 Å². The quantitative estimate of drug-likeness (QED) is 0.889. The van der Waals surface area contributed by atoms with Gasteiger partial charge >= 0.3 is 0 Å². The molecule has 0 radical (unpaired) electrons. The standard InChI is InChI=1S/C15H16BrNO3S/c1-10-8-11(2)15(9-14(10)16)21(18,19)17-12-4-6-13(20-3)7-5-12/h4-9,17H,1-3H3. The monoisotopic (exact) mass is 369 g/mol. The minimum atomic E-state index is -3.62. The fraction of sp³-hybridized carbons (Fsp3) is 0.200. The molecule has 2 aromatic carbocycles. The number of benzene rings is 2. The molecule has 0 unspecified atom stereocenters. The van der Waals surface area contributed by atoms with Gasteiger partial charge in [-0.05, 0) is 55.3 Å². The summed E-state index contributed by atoms with van der Waals surface area (Å²) in [7, 11) is -2.06. The Hall–Kier alpha value is -1.53. The van der Waals surface area contributed by atoms with E-state index in [9.17, 15) is 8.42 Å². The summed E-state index contributed by atoms with van der Waals surface area (Å²) in [5.41, 5.74) is 2.19. The van der Waals surface area contributed by atoms with E-state index in [1.165, 1.54) is 0 Å². The molecule has 0 amide bonds. The highest BCUT2D eigenvalue weighted by atomic mass is 79.9. The summed E-state index contributed by atoms with van der Waals surface area (Å²) in [5.74, 6) is 0.673. The van der Waals surface area contributed by atoms with Gasteiger partial charge in [0.2, 0.25) is 0 Å². The maximum absolute atomic E-state index is 12.5. The number of ether oxygens (including phenoxy) is 1. The van der Waals surface area contributed by atoms with Crippen molar-refractivity contribution in [2.24, 2.45) is 0 Å². The molecule has 0 heterocycles. The largest absolute Gasteiger partial charge is 0.497 e. The van der Waals surface area contributed by atoms with Crippen LogP contribution in [0.5, 0.6) is 5.75 Å². The molecule has 1 N–H and O–H groups in total. The predicted octanol–water partition coefficient (Wildman–Crippen LogP) is 3.88. The molecule has 0 fully saturated rings. The zero-order valence-electron chi connectivity index (χ0n) is 12.0. The summed E-state index contributed by atoms with van der Waals surface area (Å²) < 4.78 is 33.3. The molecule has 0 bridgehead atoms. The van der Waals surface area contributed by atoms with Crippen molar-refractivity contribution in [1.29, 1.82) is 0 Å². The molecule has 6 heteroatoms. The molecule has 0 aliphatic rings. The van der Waals surface area contributed by atoms with Gasteiger partial charge in [0, 0.05) is 10.2 Å². The van der Waals surface area contributed by atoms with Gasteiger partial charge < -0.3 is 4.74 Å². The Morgan fingerprint density at radius 1 is 1.05 bits per heavy atom. The van der Waals surface area contributed by atoms with Crippen LogP contribution in [0.1, 0.15) is 11.1 Å². The number of nitrogens with one attached hydrogen (secondary N) is 1. The summed E-state index contributed by atoms with van der Waals surface area (Å²) in [5, 5.41) is 0. The van der Waals surface area contributed by atoms with E-state index in [1.54, 1.807) is 44.4 Å². The van der Waals surface area contributed by atoms with Gasteiger partial charge in [0.1, 0.15) is 5.75 Å². The van der Waals surface area contributed by atoms with Gasteiger partial charge in [0.25, 0.3) is 10.0 Å². The van der Waals surface area contributed by atoms with Crippen molar-refractivity contribution < 1.29 is 13.2 Å². The first-order valence-electron chi connectivity index (χ1n) is 6.27. The molecule has 2 aromatic rings. The van der Waals surface area contributed by atoms with Gasteiger partial charge in [-0.2, -0.15) is 0 Å². The Bertz CT molecular complexity index is 755. The summed E-state index contributed by atoms with van der Waals surface area (Å²) in [6.07, 6.45) is 0. The van der Waals surface area contributed by atoms with Crippen LogP contribution in [0, 0.1) is 13.8 Å². The van der Waals surface area contributed by atoms with E-state index >= 15 is 0 Å². The Morgan fingerprint density at radius 2 is 1.67 bits per heavy atom. The fourth-order valence-corrected chi connectivity index (χ4v) is 3.77. The number of aryl methyl sites for hydroxylation is 2. The second-order valence-electron chi connectivity index (χ2n) is 4.70. The molecule has 0 saturated heterocycles. The van der Waals surface area contributed by atoms with Crippen LogP contribution in [0.25, 0.3) is 0 Å². The van der Waals surface area contributed by atoms with Crippen molar-refractivity contribution in [2.75, 3.05) is 11.8 Å². The van der Waals surface area contributed by atoms with E-state index in [4.69, 9.17) is 4.74 Å². The van der Waals surface area contributed by atoms with Crippen molar-refractivity contribution in [3.8, 4) is 5.75 Å². The third-order valence-corrected chi connectivity index (χ3v) is 5.47. The van der Waals surface area contributed by atoms with Crippen LogP contribution >= 0.6 is 15.9 Å². The first-order valence-corrected chi connectivity index (χ1v) is 8.55. The zero-order chi connectivity index (χ0) is 15.6. The summed E-state index contributed by atoms with van der Waals surface area (Å²) >= 11 is 3.37. The van der Waals surface area contributed by atoms with E-state index in [0.29, 0.717) is 17.0 Å². The SMILES string of the molecule is COc1ccc(NS(=O)(=O)c2cc(Br)c(C)cc2C)cc1. The summed E-state index contributed by atoms with van der Waals surface area (Å²) in [6.45, 7) is 3.70. The highest BCUT2D eigenvalue weighted by molar-refractivity contribution is 9.10. The van der Waals surface area contributed by atoms with E-state index in [-0.39, 0.29) is 4.90 Å². The number of halogens is 1. The summed E-state index contributed by atoms with van der Waals surface area (Å²) in [6, 6.07) is 10.2. The summed E-state index contributed by atoms with van der Waals surface area (Å²) in [4.78, 5) is 0.260. The molecule has 0 aromatic heterocycles. The molecule has 0 spiro atoms. The number of hydrogen-bond acceptors (Lipinski definition) is 3. The molecule has 21 heavy (non-hydrogen) atoms. The minimum absolute atomic E-state index is 0.260. The van der Waals surface area contributed by atoms with Crippen LogP contribution in [0.3, 0.4) is 0 Å². The van der Waals surface area contributed by atoms with E-state index < -0.39 is 10.0 Å². The van der Waals surface area contributed by atoms with E-state index in [0.717, 1.165) is 10.0 Å². The highest BCUT2D eigenvalue weighted by Crippen LogP contribution is 2.26. The lowest BCUT2D eigenvalue weighted by Gasteiger charge is -2.12. The van der Waals surface area contributed by atoms with Gasteiger partial charge in [0.05, 0.1) is 12.0 Å². The molecule has 0 atom stereocenters. The van der Waals surface area contributed by atoms with Gasteiger partial charge in [0.15, 0.2) is 0 Å². The minimum Gasteiger partial charge on any atom is -0.497 e. The lowest BCUT2D eigenvalue weighted by Crippen LogP contribution is -2.14. The topological polar surface area (TPSA) is 55.4 Å². The Kier molecular flexibility index (Phi) is 4.58. The number of sulfonamides is 1. The number of methoxy groups -OCH3 is 1. The molecule has 112 valence electrons. The van der Waals surface area contributed by atoms with Gasteiger partial charge in [-0.25, -0.2) is 8.42 Å². The van der Waals surface area contributed by atoms with Crippen molar-refractivity contribution in [1.82, 2.24) is 0 Å². The van der Waals surface area contributed by atoms with Crippen LogP contribution in [-0.4, -0.2) is 15.5 Å². The molecule has 4 nitrogen and oxygen atoms in total. The maximum Gasteiger partial charge on any atom is 0.262 e. The first kappa shape index (κ1) is 15.9. The highest BCUT2D eigenvalue weighted by Gasteiger charge is 2.18. The van der Waals surface area contributed by atoms with Gasteiger partial charge in [-0.15, -0.1) is 0 Å². The van der Waals surface area contributed by atoms with Crippen LogP contribution in [0.15, 0.2) is 45.8 Å². The Morgan fingerprint density at radius 3 is 2.24 bits per heavy atom. The van der Waals surface area contributed by atoms with Crippen LogP contribution in [0.2, 0.25) is 0 Å². The van der Waals surface area contributed by atoms with Crippen molar-refractivity contribution in [3.05, 3.63) is 52.0 Å². The predicted molar refractivity (Wildman–Crippen MR) is 87.4 cm³/mol. The Balaban J connectivity index is 2.35. The molecular weight excluding hydrogens is 354 g/mol. The van der Waals surface area contributed by atoms with E-state index in [1.807, 2.05) is 13.0 Å². The van der Waals surface area contributed by atoms with Crippen LogP contribution < -0.4 is 9.46 Å². The lowest BCUT2D eigenvalue weighted by molar-refractivity contribution is 0.415. The number of anilines is 1. The smallest absolute Gasteiger partial charge is 0.262 e. The first-order chi connectivity index (χ1) is 9.83. The fourth-order valence-electron chi connectivity index (χ4n) is 1.97. The van der Waals surface area contributed by atoms with Gasteiger partial charge in [-0.1, -0.05) is 22.0 Å². The van der Waals surface area contributed by atoms with Crippen LogP contribution in [0.4, 0.5) is 5.69 Å². The van der Waals surface area contributed by atoms with Crippen molar-refractivity contribution >= 4 is 31.6 Å². The van der Waals surface area contributed by atoms with Gasteiger partial charge in [-0.3, -0.25) is 4.72 Å². The van der Waals surface area contributed by atoms with Crippen LogP contribution in [-0.2, 0) is 10.0 Å². The third-order valence-electron chi connectivity index (χ3n) is 3.09. The third kappa shape index (κ3) is 3.57.